The van der Waals surface area contributed by atoms with E-state index in [4.69, 9.17) is 9.47 Å². The first kappa shape index (κ1) is 21.1. The van der Waals surface area contributed by atoms with E-state index in [-0.39, 0.29) is 29.7 Å². The predicted molar refractivity (Wildman–Crippen MR) is 101 cm³/mol. The highest BCUT2D eigenvalue weighted by molar-refractivity contribution is 5.77. The monoisotopic (exact) mass is 435 g/mol. The summed E-state index contributed by atoms with van der Waals surface area (Å²) >= 11 is 0. The maximum atomic E-state index is 12.7. The lowest BCUT2D eigenvalue weighted by molar-refractivity contribution is -0.141. The summed E-state index contributed by atoms with van der Waals surface area (Å²) < 4.78 is 48.4. The summed E-state index contributed by atoms with van der Waals surface area (Å²) in [7, 11) is 0. The van der Waals surface area contributed by atoms with E-state index in [2.05, 4.69) is 9.97 Å². The van der Waals surface area contributed by atoms with Gasteiger partial charge in [0.25, 0.3) is 0 Å². The van der Waals surface area contributed by atoms with E-state index in [9.17, 15) is 22.8 Å². The van der Waals surface area contributed by atoms with Gasteiger partial charge < -0.3 is 14.4 Å². The lowest BCUT2D eigenvalue weighted by atomic mass is 9.90. The zero-order valence-electron chi connectivity index (χ0n) is 16.5. The van der Waals surface area contributed by atoms with Gasteiger partial charge in [-0.2, -0.15) is 18.2 Å². The average Bonchev–Trinajstić information content (AvgIpc) is 3.11. The molecule has 4 rings (SSSR count). The number of ether oxygens (including phenoxy) is 2. The van der Waals surface area contributed by atoms with E-state index in [1.165, 1.54) is 0 Å². The zero-order chi connectivity index (χ0) is 22.0. The smallest absolute Gasteiger partial charge is 0.433 e. The minimum atomic E-state index is -4.57. The molecule has 2 aliphatic heterocycles. The van der Waals surface area contributed by atoms with E-state index >= 15 is 0 Å². The first-order valence-electron chi connectivity index (χ1n) is 9.89. The second-order valence-corrected chi connectivity index (χ2v) is 7.68. The Hall–Kier alpha value is -3.17. The molecule has 0 bridgehead atoms. The lowest BCUT2D eigenvalue weighted by Crippen LogP contribution is -2.48. The summed E-state index contributed by atoms with van der Waals surface area (Å²) in [5, 5.41) is 0. The SMILES string of the molecule is O=C1C[C@H](CCC(=O)N2CC(c3ccc(Oc4nccc(C(F)(F)F)n4)cc3)C2)CO1. The van der Waals surface area contributed by atoms with E-state index in [0.717, 1.165) is 17.8 Å². The van der Waals surface area contributed by atoms with Crippen molar-refractivity contribution >= 4 is 11.9 Å². The maximum Gasteiger partial charge on any atom is 0.433 e. The van der Waals surface area contributed by atoms with Crippen LogP contribution in [-0.2, 0) is 20.5 Å². The quantitative estimate of drug-likeness (QED) is 0.646. The van der Waals surface area contributed by atoms with Crippen molar-refractivity contribution in [2.45, 2.75) is 31.4 Å². The summed E-state index contributed by atoms with van der Waals surface area (Å²) in [6, 6.07) is 7.31. The van der Waals surface area contributed by atoms with Gasteiger partial charge >= 0.3 is 18.2 Å². The minimum absolute atomic E-state index is 0.0669. The van der Waals surface area contributed by atoms with Crippen LogP contribution in [0.1, 0.15) is 36.4 Å². The van der Waals surface area contributed by atoms with Gasteiger partial charge in [0, 0.05) is 37.5 Å². The van der Waals surface area contributed by atoms with Crippen molar-refractivity contribution in [3.63, 3.8) is 0 Å². The van der Waals surface area contributed by atoms with Crippen molar-refractivity contribution in [1.29, 1.82) is 0 Å². The molecule has 7 nitrogen and oxygen atoms in total. The Labute approximate surface area is 176 Å². The van der Waals surface area contributed by atoms with E-state index in [1.807, 2.05) is 12.1 Å². The Morgan fingerprint density at radius 1 is 1.19 bits per heavy atom. The normalized spacial score (nSPS) is 19.1. The van der Waals surface area contributed by atoms with Crippen LogP contribution in [0.2, 0.25) is 0 Å². The highest BCUT2D eigenvalue weighted by Crippen LogP contribution is 2.31. The fourth-order valence-electron chi connectivity index (χ4n) is 3.59. The standard InChI is InChI=1S/C21H20F3N3O4/c22-21(23,24)17-7-8-25-20(26-17)31-16-4-2-14(3-5-16)15-10-27(11-15)18(28)6-1-13-9-19(29)30-12-13/h2-5,7-8,13,15H,1,6,9-12H2/t13-/m0/s1. The van der Waals surface area contributed by atoms with Gasteiger partial charge in [0.1, 0.15) is 5.75 Å². The second kappa shape index (κ2) is 8.52. The van der Waals surface area contributed by atoms with Crippen LogP contribution in [-0.4, -0.2) is 46.4 Å². The minimum Gasteiger partial charge on any atom is -0.465 e. The summed E-state index contributed by atoms with van der Waals surface area (Å²) in [5.74, 6) is 0.510. The number of hydrogen-bond acceptors (Lipinski definition) is 6. The fourth-order valence-corrected chi connectivity index (χ4v) is 3.59. The van der Waals surface area contributed by atoms with E-state index < -0.39 is 11.9 Å². The van der Waals surface area contributed by atoms with E-state index in [0.29, 0.717) is 44.7 Å². The van der Waals surface area contributed by atoms with Gasteiger partial charge in [0.15, 0.2) is 5.69 Å². The number of hydrogen-bond donors (Lipinski definition) is 0. The molecule has 0 radical (unpaired) electrons. The molecule has 2 fully saturated rings. The second-order valence-electron chi connectivity index (χ2n) is 7.68. The Morgan fingerprint density at radius 3 is 2.58 bits per heavy atom. The van der Waals surface area contributed by atoms with Crippen LogP contribution in [0.5, 0.6) is 11.8 Å². The summed E-state index contributed by atoms with van der Waals surface area (Å²) in [4.78, 5) is 32.2. The molecule has 1 atom stereocenters. The zero-order valence-corrected chi connectivity index (χ0v) is 16.5. The molecule has 0 aliphatic carbocycles. The molecular formula is C21H20F3N3O4. The highest BCUT2D eigenvalue weighted by Gasteiger charge is 2.34. The molecule has 2 saturated heterocycles. The van der Waals surface area contributed by atoms with Crippen molar-refractivity contribution in [2.75, 3.05) is 19.7 Å². The van der Waals surface area contributed by atoms with Crippen molar-refractivity contribution in [2.24, 2.45) is 5.92 Å². The predicted octanol–water partition coefficient (Wildman–Crippen LogP) is 3.56. The summed E-state index contributed by atoms with van der Waals surface area (Å²) in [5.41, 5.74) is -0.0587. The van der Waals surface area contributed by atoms with Crippen LogP contribution in [0.4, 0.5) is 13.2 Å². The van der Waals surface area contributed by atoms with Gasteiger partial charge in [0.2, 0.25) is 5.91 Å². The third kappa shape index (κ3) is 5.12. The van der Waals surface area contributed by atoms with Crippen LogP contribution >= 0.6 is 0 Å². The summed E-state index contributed by atoms with van der Waals surface area (Å²) in [6.45, 7) is 1.61. The number of amides is 1. The van der Waals surface area contributed by atoms with Crippen molar-refractivity contribution in [3.8, 4) is 11.8 Å². The fraction of sp³-hybridized carbons (Fsp3) is 0.429. The van der Waals surface area contributed by atoms with Crippen molar-refractivity contribution in [1.82, 2.24) is 14.9 Å². The third-order valence-corrected chi connectivity index (χ3v) is 5.42. The van der Waals surface area contributed by atoms with Gasteiger partial charge in [-0.15, -0.1) is 0 Å². The first-order valence-corrected chi connectivity index (χ1v) is 9.89. The molecule has 0 saturated carbocycles. The van der Waals surface area contributed by atoms with Crippen LogP contribution < -0.4 is 4.74 Å². The number of cyclic esters (lactones) is 1. The number of halogens is 3. The van der Waals surface area contributed by atoms with Crippen molar-refractivity contribution < 1.29 is 32.2 Å². The van der Waals surface area contributed by atoms with Gasteiger partial charge in [-0.1, -0.05) is 12.1 Å². The van der Waals surface area contributed by atoms with Crippen LogP contribution in [0.15, 0.2) is 36.5 Å². The Kier molecular flexibility index (Phi) is 5.79. The van der Waals surface area contributed by atoms with E-state index in [1.54, 1.807) is 17.0 Å². The molecule has 31 heavy (non-hydrogen) atoms. The molecule has 2 aromatic rings. The topological polar surface area (TPSA) is 81.6 Å². The molecule has 10 heteroatoms. The van der Waals surface area contributed by atoms with Gasteiger partial charge in [-0.05, 0) is 30.2 Å². The first-order chi connectivity index (χ1) is 14.8. The number of benzene rings is 1. The van der Waals surface area contributed by atoms with Crippen molar-refractivity contribution in [3.05, 3.63) is 47.8 Å². The molecule has 1 aromatic carbocycles. The van der Waals surface area contributed by atoms with Gasteiger partial charge in [-0.25, -0.2) is 4.98 Å². The number of carbonyl (C=O) groups is 2. The molecule has 1 amide bonds. The number of nitrogens with zero attached hydrogens (tertiary/aromatic N) is 3. The van der Waals surface area contributed by atoms with Gasteiger partial charge in [0.05, 0.1) is 13.0 Å². The highest BCUT2D eigenvalue weighted by atomic mass is 19.4. The van der Waals surface area contributed by atoms with Crippen LogP contribution in [0.25, 0.3) is 0 Å². The molecule has 0 unspecified atom stereocenters. The van der Waals surface area contributed by atoms with Crippen LogP contribution in [0, 0.1) is 5.92 Å². The molecule has 2 aliphatic rings. The molecule has 0 spiro atoms. The Morgan fingerprint density at radius 2 is 1.94 bits per heavy atom. The molecule has 164 valence electrons. The molecule has 3 heterocycles. The molecular weight excluding hydrogens is 415 g/mol. The number of carbonyl (C=O) groups excluding carboxylic acids is 2. The lowest BCUT2D eigenvalue weighted by Gasteiger charge is -2.40. The number of aromatic nitrogens is 2. The third-order valence-electron chi connectivity index (χ3n) is 5.42. The Balaban J connectivity index is 1.26. The number of esters is 1. The number of rotatable bonds is 6. The average molecular weight is 435 g/mol. The molecule has 1 aromatic heterocycles. The maximum absolute atomic E-state index is 12.7. The largest absolute Gasteiger partial charge is 0.465 e. The summed E-state index contributed by atoms with van der Waals surface area (Å²) in [6.07, 6.45) is -2.14. The number of likely N-dealkylation sites (tertiary alicyclic amines) is 1. The van der Waals surface area contributed by atoms with Crippen LogP contribution in [0.3, 0.4) is 0 Å². The molecule has 0 N–H and O–H groups in total. The number of alkyl halides is 3. The van der Waals surface area contributed by atoms with Gasteiger partial charge in [-0.3, -0.25) is 9.59 Å². The Bertz CT molecular complexity index is 959.